The molecule has 146 valence electrons. The highest BCUT2D eigenvalue weighted by molar-refractivity contribution is 5.93. The quantitative estimate of drug-likeness (QED) is 0.776. The number of benzene rings is 1. The Kier molecular flexibility index (Phi) is 4.74. The lowest BCUT2D eigenvalue weighted by Gasteiger charge is -2.56. The van der Waals surface area contributed by atoms with Crippen molar-refractivity contribution in [3.63, 3.8) is 0 Å². The van der Waals surface area contributed by atoms with Gasteiger partial charge >= 0.3 is 5.97 Å². The molecule has 4 fully saturated rings. The van der Waals surface area contributed by atoms with Gasteiger partial charge in [0.05, 0.1) is 14.2 Å². The molecule has 4 saturated carbocycles. The van der Waals surface area contributed by atoms with E-state index >= 15 is 0 Å². The highest BCUT2D eigenvalue weighted by atomic mass is 16.5. The van der Waals surface area contributed by atoms with Crippen molar-refractivity contribution in [3.8, 4) is 11.5 Å². The maximum absolute atomic E-state index is 12.6. The number of amides is 1. The second-order valence-electron chi connectivity index (χ2n) is 8.39. The smallest absolute Gasteiger partial charge is 0.341 e. The van der Waals surface area contributed by atoms with Gasteiger partial charge in [-0.3, -0.25) is 4.79 Å². The third-order valence-corrected chi connectivity index (χ3v) is 6.40. The SMILES string of the molecule is COC(=O)c1ccc(OC)cc1OCC(=O)NC12CC3CC(CC(C3)C1)C2. The van der Waals surface area contributed by atoms with Gasteiger partial charge in [0.15, 0.2) is 6.61 Å². The molecule has 5 rings (SSSR count). The summed E-state index contributed by atoms with van der Waals surface area (Å²) < 4.78 is 15.7. The third-order valence-electron chi connectivity index (χ3n) is 6.40. The van der Waals surface area contributed by atoms with Gasteiger partial charge in [-0.05, 0) is 68.4 Å². The molecule has 0 aromatic heterocycles. The van der Waals surface area contributed by atoms with Crippen molar-refractivity contribution in [3.05, 3.63) is 23.8 Å². The zero-order chi connectivity index (χ0) is 19.0. The van der Waals surface area contributed by atoms with Crippen molar-refractivity contribution in [2.24, 2.45) is 17.8 Å². The molecule has 1 aromatic carbocycles. The van der Waals surface area contributed by atoms with Crippen molar-refractivity contribution in [2.45, 2.75) is 44.1 Å². The number of rotatable bonds is 6. The topological polar surface area (TPSA) is 73.9 Å². The van der Waals surface area contributed by atoms with E-state index in [1.54, 1.807) is 18.2 Å². The molecule has 1 N–H and O–H groups in total. The molecule has 4 aliphatic rings. The molecule has 6 nitrogen and oxygen atoms in total. The van der Waals surface area contributed by atoms with E-state index in [9.17, 15) is 9.59 Å². The van der Waals surface area contributed by atoms with Crippen LogP contribution in [0, 0.1) is 17.8 Å². The second-order valence-corrected chi connectivity index (χ2v) is 8.39. The Morgan fingerprint density at radius 2 is 1.70 bits per heavy atom. The molecule has 27 heavy (non-hydrogen) atoms. The molecule has 1 amide bonds. The van der Waals surface area contributed by atoms with Crippen LogP contribution in [0.3, 0.4) is 0 Å². The van der Waals surface area contributed by atoms with Crippen LogP contribution in [0.4, 0.5) is 0 Å². The molecule has 0 heterocycles. The maximum Gasteiger partial charge on any atom is 0.341 e. The first kappa shape index (κ1) is 18.1. The van der Waals surface area contributed by atoms with Gasteiger partial charge in [0.2, 0.25) is 0 Å². The van der Waals surface area contributed by atoms with Crippen LogP contribution in [0.2, 0.25) is 0 Å². The second kappa shape index (κ2) is 7.06. The molecule has 4 aliphatic carbocycles. The first-order valence-electron chi connectivity index (χ1n) is 9.70. The number of carbonyl (C=O) groups excluding carboxylic acids is 2. The molecular weight excluding hydrogens is 346 g/mol. The Morgan fingerprint density at radius 1 is 1.07 bits per heavy atom. The van der Waals surface area contributed by atoms with Crippen LogP contribution in [-0.2, 0) is 9.53 Å². The number of methoxy groups -OCH3 is 2. The number of carbonyl (C=O) groups is 2. The minimum Gasteiger partial charge on any atom is -0.497 e. The van der Waals surface area contributed by atoms with Gasteiger partial charge in [-0.1, -0.05) is 0 Å². The standard InChI is InChI=1S/C21H27NO5/c1-25-16-3-4-17(20(24)26-2)18(8-16)27-12-19(23)22-21-9-13-5-14(10-21)7-15(6-13)11-21/h3-4,8,13-15H,5-7,9-12H2,1-2H3,(H,22,23). The first-order valence-corrected chi connectivity index (χ1v) is 9.70. The van der Waals surface area contributed by atoms with Gasteiger partial charge in [-0.2, -0.15) is 0 Å². The van der Waals surface area contributed by atoms with Crippen LogP contribution < -0.4 is 14.8 Å². The molecule has 0 saturated heterocycles. The zero-order valence-corrected chi connectivity index (χ0v) is 16.0. The molecule has 0 aliphatic heterocycles. The van der Waals surface area contributed by atoms with E-state index in [0.29, 0.717) is 11.5 Å². The van der Waals surface area contributed by atoms with Crippen molar-refractivity contribution >= 4 is 11.9 Å². The van der Waals surface area contributed by atoms with Gasteiger partial charge in [0.1, 0.15) is 17.1 Å². The summed E-state index contributed by atoms with van der Waals surface area (Å²) in [7, 11) is 2.85. The summed E-state index contributed by atoms with van der Waals surface area (Å²) in [6, 6.07) is 4.84. The zero-order valence-electron chi connectivity index (χ0n) is 16.0. The molecular formula is C21H27NO5. The van der Waals surface area contributed by atoms with Crippen molar-refractivity contribution in [1.82, 2.24) is 5.32 Å². The lowest BCUT2D eigenvalue weighted by atomic mass is 9.53. The van der Waals surface area contributed by atoms with Crippen LogP contribution >= 0.6 is 0 Å². The molecule has 0 radical (unpaired) electrons. The van der Waals surface area contributed by atoms with E-state index in [-0.39, 0.29) is 23.6 Å². The van der Waals surface area contributed by atoms with E-state index in [1.165, 1.54) is 33.5 Å². The summed E-state index contributed by atoms with van der Waals surface area (Å²) in [5.74, 6) is 2.51. The number of ether oxygens (including phenoxy) is 3. The molecule has 0 atom stereocenters. The fourth-order valence-corrected chi connectivity index (χ4v) is 5.77. The van der Waals surface area contributed by atoms with E-state index in [0.717, 1.165) is 37.0 Å². The summed E-state index contributed by atoms with van der Waals surface area (Å²) in [5.41, 5.74) is 0.232. The molecule has 4 bridgehead atoms. The Labute approximate surface area is 159 Å². The average molecular weight is 373 g/mol. The van der Waals surface area contributed by atoms with Crippen LogP contribution in [0.1, 0.15) is 48.9 Å². The van der Waals surface area contributed by atoms with E-state index in [2.05, 4.69) is 5.32 Å². The Bertz CT molecular complexity index is 709. The molecule has 1 aromatic rings. The number of hydrogen-bond acceptors (Lipinski definition) is 5. The first-order chi connectivity index (χ1) is 13.0. The van der Waals surface area contributed by atoms with Crippen LogP contribution in [0.5, 0.6) is 11.5 Å². The highest BCUT2D eigenvalue weighted by Gasteiger charge is 2.51. The fraction of sp³-hybridized carbons (Fsp3) is 0.619. The summed E-state index contributed by atoms with van der Waals surface area (Å²) in [6.45, 7) is -0.126. The predicted octanol–water partition coefficient (Wildman–Crippen LogP) is 2.95. The van der Waals surface area contributed by atoms with Crippen molar-refractivity contribution < 1.29 is 23.8 Å². The Morgan fingerprint density at radius 3 is 2.26 bits per heavy atom. The van der Waals surface area contributed by atoms with E-state index in [1.807, 2.05) is 0 Å². The van der Waals surface area contributed by atoms with Crippen LogP contribution in [0.15, 0.2) is 18.2 Å². The van der Waals surface area contributed by atoms with E-state index in [4.69, 9.17) is 14.2 Å². The van der Waals surface area contributed by atoms with Crippen LogP contribution in [0.25, 0.3) is 0 Å². The minimum atomic E-state index is -0.505. The van der Waals surface area contributed by atoms with Gasteiger partial charge in [-0.25, -0.2) is 4.79 Å². The van der Waals surface area contributed by atoms with Crippen molar-refractivity contribution in [1.29, 1.82) is 0 Å². The summed E-state index contributed by atoms with van der Waals surface area (Å²) in [4.78, 5) is 24.6. The van der Waals surface area contributed by atoms with Gasteiger partial charge in [-0.15, -0.1) is 0 Å². The summed E-state index contributed by atoms with van der Waals surface area (Å²) in [6.07, 6.45) is 7.28. The van der Waals surface area contributed by atoms with Gasteiger partial charge in [0, 0.05) is 11.6 Å². The molecule has 0 unspecified atom stereocenters. The minimum absolute atomic E-state index is 0.0469. The lowest BCUT2D eigenvalue weighted by Crippen LogP contribution is -2.60. The van der Waals surface area contributed by atoms with Crippen molar-refractivity contribution in [2.75, 3.05) is 20.8 Å². The summed E-state index contributed by atoms with van der Waals surface area (Å²) in [5, 5.41) is 3.27. The largest absolute Gasteiger partial charge is 0.497 e. The number of esters is 1. The number of hydrogen-bond donors (Lipinski definition) is 1. The normalized spacial score (nSPS) is 30.7. The Hall–Kier alpha value is -2.24. The predicted molar refractivity (Wildman–Crippen MR) is 98.9 cm³/mol. The number of nitrogens with one attached hydrogen (secondary N) is 1. The van der Waals surface area contributed by atoms with Gasteiger partial charge in [0.25, 0.3) is 5.91 Å². The summed E-state index contributed by atoms with van der Waals surface area (Å²) >= 11 is 0. The highest BCUT2D eigenvalue weighted by Crippen LogP contribution is 2.55. The fourth-order valence-electron chi connectivity index (χ4n) is 5.77. The lowest BCUT2D eigenvalue weighted by molar-refractivity contribution is -0.128. The molecule has 6 heteroatoms. The van der Waals surface area contributed by atoms with Crippen LogP contribution in [-0.4, -0.2) is 38.2 Å². The van der Waals surface area contributed by atoms with Gasteiger partial charge < -0.3 is 19.5 Å². The average Bonchev–Trinajstić information content (AvgIpc) is 2.64. The van der Waals surface area contributed by atoms with E-state index < -0.39 is 5.97 Å². The maximum atomic E-state index is 12.6. The monoisotopic (exact) mass is 373 g/mol. The third kappa shape index (κ3) is 3.62. The molecule has 0 spiro atoms. The Balaban J connectivity index is 1.42.